The Morgan fingerprint density at radius 1 is 1.58 bits per heavy atom. The number of H-pyrrole nitrogens is 1. The van der Waals surface area contributed by atoms with Gasteiger partial charge in [-0.2, -0.15) is 0 Å². The molecule has 11 heteroatoms. The third kappa shape index (κ3) is 4.02. The molecule has 2 rings (SSSR count). The van der Waals surface area contributed by atoms with E-state index in [4.69, 9.17) is 14.0 Å². The second-order valence-corrected chi connectivity index (χ2v) is 8.14. The highest BCUT2D eigenvalue weighted by atomic mass is 32.5. The molecule has 2 unspecified atom stereocenters. The first-order valence-corrected chi connectivity index (χ1v) is 10.1. The van der Waals surface area contributed by atoms with Crippen molar-refractivity contribution >= 4 is 18.5 Å². The Labute approximate surface area is 143 Å². The number of nitrogens with zero attached hydrogens (tertiary/aromatic N) is 1. The van der Waals surface area contributed by atoms with E-state index in [0.717, 1.165) is 0 Å². The standard InChI is InChI=1S/C13H21N2O7PS/c1-3-4-9(22-23(18,19)24)13(20-2)6-8-21-11(13)15-7-5-10(16)14-12(15)17/h5,7,9,11H,3-4,6,8H2,1-2H3,(H,14,16,17)(H2,18,19,24)/t9?,11-,13?/m1/s1. The van der Waals surface area contributed by atoms with Crippen LogP contribution in [-0.2, 0) is 25.8 Å². The number of nitrogens with one attached hydrogen (secondary N) is 1. The van der Waals surface area contributed by atoms with E-state index >= 15 is 0 Å². The molecule has 0 aliphatic carbocycles. The molecule has 1 aliphatic rings. The van der Waals surface area contributed by atoms with Crippen LogP contribution in [0.5, 0.6) is 0 Å². The molecule has 3 N–H and O–H groups in total. The molecule has 2 heterocycles. The Morgan fingerprint density at radius 3 is 2.83 bits per heavy atom. The highest BCUT2D eigenvalue weighted by Crippen LogP contribution is 2.48. The first kappa shape index (κ1) is 19.5. The average molecular weight is 380 g/mol. The van der Waals surface area contributed by atoms with Crippen LogP contribution in [0.2, 0.25) is 0 Å². The van der Waals surface area contributed by atoms with Crippen LogP contribution < -0.4 is 11.2 Å². The average Bonchev–Trinajstić information content (AvgIpc) is 2.90. The lowest BCUT2D eigenvalue weighted by Gasteiger charge is -2.40. The van der Waals surface area contributed by atoms with E-state index in [-0.39, 0.29) is 6.61 Å². The number of ether oxygens (including phenoxy) is 2. The monoisotopic (exact) mass is 380 g/mol. The summed E-state index contributed by atoms with van der Waals surface area (Å²) in [5, 5.41) is 0. The minimum absolute atomic E-state index is 0.271. The molecule has 24 heavy (non-hydrogen) atoms. The van der Waals surface area contributed by atoms with Gasteiger partial charge in [-0.3, -0.25) is 14.3 Å². The minimum atomic E-state index is -3.94. The van der Waals surface area contributed by atoms with E-state index in [2.05, 4.69) is 16.8 Å². The maximum Gasteiger partial charge on any atom is 0.330 e. The summed E-state index contributed by atoms with van der Waals surface area (Å²) in [5.74, 6) is 0. The molecular formula is C13H21N2O7PS. The molecule has 1 aromatic heterocycles. The fourth-order valence-electron chi connectivity index (χ4n) is 2.99. The molecular weight excluding hydrogens is 359 g/mol. The summed E-state index contributed by atoms with van der Waals surface area (Å²) < 4.78 is 17.8. The third-order valence-electron chi connectivity index (χ3n) is 4.03. The summed E-state index contributed by atoms with van der Waals surface area (Å²) in [6.45, 7) is -1.78. The highest BCUT2D eigenvalue weighted by molar-refractivity contribution is 8.06. The Kier molecular flexibility index (Phi) is 6.14. The number of aromatic nitrogens is 2. The second kappa shape index (κ2) is 7.57. The Bertz CT molecular complexity index is 730. The number of rotatable bonds is 7. The van der Waals surface area contributed by atoms with Gasteiger partial charge in [-0.25, -0.2) is 4.79 Å². The van der Waals surface area contributed by atoms with Crippen molar-refractivity contribution in [2.75, 3.05) is 13.7 Å². The SMILES string of the molecule is CCCC(OP(O)(O)=S)C1(OC)CCO[C@H]1n1ccc(=O)[nH]c1=O. The van der Waals surface area contributed by atoms with Crippen LogP contribution in [0.4, 0.5) is 0 Å². The fourth-order valence-corrected chi connectivity index (χ4v) is 3.92. The predicted octanol–water partition coefficient (Wildman–Crippen LogP) is 0.235. The number of methoxy groups -OCH3 is 1. The summed E-state index contributed by atoms with van der Waals surface area (Å²) in [5.41, 5.74) is -2.33. The van der Waals surface area contributed by atoms with Gasteiger partial charge in [0.25, 0.3) is 5.56 Å². The molecule has 1 aromatic rings. The van der Waals surface area contributed by atoms with Gasteiger partial charge in [0.1, 0.15) is 11.7 Å². The maximum absolute atomic E-state index is 12.1. The number of hydrogen-bond donors (Lipinski definition) is 3. The van der Waals surface area contributed by atoms with Gasteiger partial charge in [-0.15, -0.1) is 0 Å². The topological polar surface area (TPSA) is 123 Å². The van der Waals surface area contributed by atoms with E-state index < -0.39 is 35.9 Å². The quantitative estimate of drug-likeness (QED) is 0.575. The van der Waals surface area contributed by atoms with Gasteiger partial charge < -0.3 is 23.8 Å². The molecule has 0 radical (unpaired) electrons. The van der Waals surface area contributed by atoms with Crippen molar-refractivity contribution in [3.8, 4) is 0 Å². The minimum Gasteiger partial charge on any atom is -0.371 e. The van der Waals surface area contributed by atoms with Gasteiger partial charge in [0.2, 0.25) is 0 Å². The predicted molar refractivity (Wildman–Crippen MR) is 89.2 cm³/mol. The van der Waals surface area contributed by atoms with Gasteiger partial charge in [-0.05, 0) is 18.2 Å². The van der Waals surface area contributed by atoms with Crippen LogP contribution in [0.1, 0.15) is 32.4 Å². The number of hydrogen-bond acceptors (Lipinski definition) is 6. The molecule has 9 nitrogen and oxygen atoms in total. The van der Waals surface area contributed by atoms with Crippen molar-refractivity contribution in [1.29, 1.82) is 0 Å². The molecule has 0 spiro atoms. The molecule has 1 aliphatic heterocycles. The first-order valence-electron chi connectivity index (χ1n) is 7.45. The van der Waals surface area contributed by atoms with Crippen molar-refractivity contribution in [3.05, 3.63) is 33.1 Å². The molecule has 0 amide bonds. The lowest BCUT2D eigenvalue weighted by molar-refractivity contribution is -0.159. The van der Waals surface area contributed by atoms with Crippen molar-refractivity contribution < 1.29 is 23.8 Å². The summed E-state index contributed by atoms with van der Waals surface area (Å²) in [4.78, 5) is 44.7. The van der Waals surface area contributed by atoms with Gasteiger partial charge in [0.15, 0.2) is 6.23 Å². The van der Waals surface area contributed by atoms with E-state index in [1.807, 2.05) is 6.92 Å². The van der Waals surface area contributed by atoms with E-state index in [1.165, 1.54) is 23.9 Å². The molecule has 1 saturated heterocycles. The molecule has 0 aromatic carbocycles. The summed E-state index contributed by atoms with van der Waals surface area (Å²) in [6, 6.07) is 1.20. The van der Waals surface area contributed by atoms with Crippen LogP contribution in [0.15, 0.2) is 21.9 Å². The third-order valence-corrected chi connectivity index (χ3v) is 4.82. The van der Waals surface area contributed by atoms with Crippen LogP contribution >= 0.6 is 6.72 Å². The van der Waals surface area contributed by atoms with E-state index in [0.29, 0.717) is 19.3 Å². The van der Waals surface area contributed by atoms with Gasteiger partial charge in [-0.1, -0.05) is 13.3 Å². The molecule has 3 atom stereocenters. The van der Waals surface area contributed by atoms with Gasteiger partial charge in [0, 0.05) is 25.8 Å². The fraction of sp³-hybridized carbons (Fsp3) is 0.692. The summed E-state index contributed by atoms with van der Waals surface area (Å²) >= 11 is 4.59. The van der Waals surface area contributed by atoms with E-state index in [1.54, 1.807) is 0 Å². The molecule has 0 bridgehead atoms. The second-order valence-electron chi connectivity index (χ2n) is 5.52. The smallest absolute Gasteiger partial charge is 0.330 e. The lowest BCUT2D eigenvalue weighted by Crippen LogP contribution is -2.51. The Balaban J connectivity index is 2.49. The zero-order chi connectivity index (χ0) is 18.0. The normalized spacial score (nSPS) is 25.8. The zero-order valence-corrected chi connectivity index (χ0v) is 15.1. The summed E-state index contributed by atoms with van der Waals surface area (Å²) in [7, 11) is 1.43. The van der Waals surface area contributed by atoms with Crippen LogP contribution in [0, 0.1) is 0 Å². The summed E-state index contributed by atoms with van der Waals surface area (Å²) in [6.07, 6.45) is 1.07. The zero-order valence-electron chi connectivity index (χ0n) is 13.4. The largest absolute Gasteiger partial charge is 0.371 e. The van der Waals surface area contributed by atoms with Gasteiger partial charge >= 0.3 is 12.4 Å². The van der Waals surface area contributed by atoms with Crippen molar-refractivity contribution in [2.24, 2.45) is 0 Å². The Hall–Kier alpha value is -0.870. The van der Waals surface area contributed by atoms with Crippen LogP contribution in [0.25, 0.3) is 0 Å². The molecule has 1 fully saturated rings. The van der Waals surface area contributed by atoms with Crippen molar-refractivity contribution in [1.82, 2.24) is 9.55 Å². The van der Waals surface area contributed by atoms with E-state index in [9.17, 15) is 19.4 Å². The lowest BCUT2D eigenvalue weighted by atomic mass is 9.89. The Morgan fingerprint density at radius 2 is 2.29 bits per heavy atom. The first-order chi connectivity index (χ1) is 11.2. The number of aromatic amines is 1. The molecule has 0 saturated carbocycles. The van der Waals surface area contributed by atoms with Crippen molar-refractivity contribution in [2.45, 2.75) is 44.1 Å². The van der Waals surface area contributed by atoms with Crippen LogP contribution in [-0.4, -0.2) is 44.8 Å². The molecule has 136 valence electrons. The maximum atomic E-state index is 12.1. The van der Waals surface area contributed by atoms with Gasteiger partial charge in [0.05, 0.1) is 6.61 Å². The van der Waals surface area contributed by atoms with Crippen molar-refractivity contribution in [3.63, 3.8) is 0 Å². The highest BCUT2D eigenvalue weighted by Gasteiger charge is 2.53. The van der Waals surface area contributed by atoms with Crippen LogP contribution in [0.3, 0.4) is 0 Å².